The van der Waals surface area contributed by atoms with Crippen molar-refractivity contribution >= 4 is 11.7 Å². The number of amides is 1. The Balaban J connectivity index is 1.86. The van der Waals surface area contributed by atoms with E-state index in [2.05, 4.69) is 29.4 Å². The maximum absolute atomic E-state index is 12.1. The first-order valence-corrected chi connectivity index (χ1v) is 7.04. The fourth-order valence-corrected chi connectivity index (χ4v) is 2.57. The SMILES string of the molecule is CCCc1cc(NC(=O)C2CCC(C)CC2)n[nH]1. The molecule has 1 aliphatic carbocycles. The summed E-state index contributed by atoms with van der Waals surface area (Å²) in [6.45, 7) is 4.39. The third-order valence-corrected chi connectivity index (χ3v) is 3.79. The molecule has 0 aromatic carbocycles. The molecule has 0 radical (unpaired) electrons. The number of nitrogens with one attached hydrogen (secondary N) is 2. The second-order valence-electron chi connectivity index (χ2n) is 5.47. The lowest BCUT2D eigenvalue weighted by atomic mass is 9.82. The summed E-state index contributed by atoms with van der Waals surface area (Å²) in [7, 11) is 0. The molecule has 1 aliphatic rings. The van der Waals surface area contributed by atoms with Gasteiger partial charge >= 0.3 is 0 Å². The number of aromatic nitrogens is 2. The molecule has 1 aromatic heterocycles. The first-order chi connectivity index (χ1) is 8.69. The van der Waals surface area contributed by atoms with Crippen molar-refractivity contribution in [3.8, 4) is 0 Å². The molecule has 1 heterocycles. The third-order valence-electron chi connectivity index (χ3n) is 3.79. The summed E-state index contributed by atoms with van der Waals surface area (Å²) in [5, 5.41) is 10.0. The topological polar surface area (TPSA) is 57.8 Å². The molecule has 0 aliphatic heterocycles. The van der Waals surface area contributed by atoms with E-state index in [0.29, 0.717) is 5.82 Å². The van der Waals surface area contributed by atoms with Crippen LogP contribution in [0.15, 0.2) is 6.07 Å². The monoisotopic (exact) mass is 249 g/mol. The van der Waals surface area contributed by atoms with Crippen LogP contribution in [0.5, 0.6) is 0 Å². The largest absolute Gasteiger partial charge is 0.309 e. The summed E-state index contributed by atoms with van der Waals surface area (Å²) >= 11 is 0. The van der Waals surface area contributed by atoms with Crippen LogP contribution in [0, 0.1) is 11.8 Å². The Morgan fingerprint density at radius 2 is 2.17 bits per heavy atom. The average Bonchev–Trinajstić information content (AvgIpc) is 2.78. The second kappa shape index (κ2) is 6.03. The maximum Gasteiger partial charge on any atom is 0.228 e. The van der Waals surface area contributed by atoms with E-state index in [1.165, 1.54) is 12.8 Å². The van der Waals surface area contributed by atoms with Gasteiger partial charge in [-0.2, -0.15) is 5.10 Å². The number of nitrogens with zero attached hydrogens (tertiary/aromatic N) is 1. The predicted octanol–water partition coefficient (Wildman–Crippen LogP) is 3.13. The Hall–Kier alpha value is -1.32. The second-order valence-corrected chi connectivity index (χ2v) is 5.47. The van der Waals surface area contributed by atoms with Crippen molar-refractivity contribution in [2.75, 3.05) is 5.32 Å². The molecule has 0 spiro atoms. The summed E-state index contributed by atoms with van der Waals surface area (Å²) in [6, 6.07) is 1.94. The minimum atomic E-state index is 0.136. The molecule has 0 saturated heterocycles. The van der Waals surface area contributed by atoms with Gasteiger partial charge in [0, 0.05) is 17.7 Å². The Labute approximate surface area is 109 Å². The molecule has 18 heavy (non-hydrogen) atoms. The van der Waals surface area contributed by atoms with Crippen molar-refractivity contribution in [1.82, 2.24) is 10.2 Å². The highest BCUT2D eigenvalue weighted by atomic mass is 16.1. The Kier molecular flexibility index (Phi) is 4.39. The molecule has 100 valence electrons. The first-order valence-electron chi connectivity index (χ1n) is 7.04. The molecule has 2 rings (SSSR count). The van der Waals surface area contributed by atoms with E-state index in [1.54, 1.807) is 0 Å². The first kappa shape index (κ1) is 13.1. The van der Waals surface area contributed by atoms with Crippen molar-refractivity contribution in [2.45, 2.75) is 52.4 Å². The average molecular weight is 249 g/mol. The van der Waals surface area contributed by atoms with Gasteiger partial charge in [-0.15, -0.1) is 0 Å². The van der Waals surface area contributed by atoms with Crippen LogP contribution in [-0.4, -0.2) is 16.1 Å². The van der Waals surface area contributed by atoms with Gasteiger partial charge < -0.3 is 5.32 Å². The molecule has 0 bridgehead atoms. The van der Waals surface area contributed by atoms with Gasteiger partial charge in [-0.05, 0) is 38.0 Å². The van der Waals surface area contributed by atoms with Crippen LogP contribution >= 0.6 is 0 Å². The minimum Gasteiger partial charge on any atom is -0.309 e. The molecule has 4 nitrogen and oxygen atoms in total. The molecular weight excluding hydrogens is 226 g/mol. The lowest BCUT2D eigenvalue weighted by Gasteiger charge is -2.24. The molecule has 1 aromatic rings. The van der Waals surface area contributed by atoms with Crippen LogP contribution in [-0.2, 0) is 11.2 Å². The molecule has 0 atom stereocenters. The van der Waals surface area contributed by atoms with Gasteiger partial charge in [0.1, 0.15) is 0 Å². The van der Waals surface area contributed by atoms with Crippen molar-refractivity contribution in [3.63, 3.8) is 0 Å². The summed E-state index contributed by atoms with van der Waals surface area (Å²) in [5.41, 5.74) is 1.09. The summed E-state index contributed by atoms with van der Waals surface area (Å²) in [6.07, 6.45) is 6.41. The fraction of sp³-hybridized carbons (Fsp3) is 0.714. The van der Waals surface area contributed by atoms with Crippen LogP contribution in [0.25, 0.3) is 0 Å². The van der Waals surface area contributed by atoms with Gasteiger partial charge in [0.2, 0.25) is 5.91 Å². The number of hydrogen-bond acceptors (Lipinski definition) is 2. The van der Waals surface area contributed by atoms with E-state index in [1.807, 2.05) is 6.07 Å². The Bertz CT molecular complexity index is 391. The number of anilines is 1. The predicted molar refractivity (Wildman–Crippen MR) is 72.3 cm³/mol. The van der Waals surface area contributed by atoms with Gasteiger partial charge in [-0.3, -0.25) is 9.89 Å². The third kappa shape index (κ3) is 3.34. The summed E-state index contributed by atoms with van der Waals surface area (Å²) < 4.78 is 0. The number of aromatic amines is 1. The molecule has 1 amide bonds. The number of carbonyl (C=O) groups is 1. The highest BCUT2D eigenvalue weighted by Crippen LogP contribution is 2.29. The smallest absolute Gasteiger partial charge is 0.228 e. The number of rotatable bonds is 4. The molecule has 1 fully saturated rings. The lowest BCUT2D eigenvalue weighted by molar-refractivity contribution is -0.121. The number of aryl methyl sites for hydroxylation is 1. The van der Waals surface area contributed by atoms with Gasteiger partial charge in [0.15, 0.2) is 5.82 Å². The summed E-state index contributed by atoms with van der Waals surface area (Å²) in [4.78, 5) is 12.1. The normalized spacial score (nSPS) is 23.9. The number of H-pyrrole nitrogens is 1. The molecule has 4 heteroatoms. The van der Waals surface area contributed by atoms with Crippen molar-refractivity contribution < 1.29 is 4.79 Å². The molecular formula is C14H23N3O. The van der Waals surface area contributed by atoms with E-state index in [0.717, 1.165) is 37.3 Å². The van der Waals surface area contributed by atoms with Crippen LogP contribution in [0.3, 0.4) is 0 Å². The molecule has 2 N–H and O–H groups in total. The van der Waals surface area contributed by atoms with Crippen LogP contribution in [0.1, 0.15) is 51.6 Å². The van der Waals surface area contributed by atoms with E-state index < -0.39 is 0 Å². The van der Waals surface area contributed by atoms with Crippen LogP contribution in [0.2, 0.25) is 0 Å². The van der Waals surface area contributed by atoms with Crippen molar-refractivity contribution in [1.29, 1.82) is 0 Å². The molecule has 1 saturated carbocycles. The van der Waals surface area contributed by atoms with Crippen molar-refractivity contribution in [3.05, 3.63) is 11.8 Å². The number of hydrogen-bond donors (Lipinski definition) is 2. The zero-order valence-corrected chi connectivity index (χ0v) is 11.3. The van der Waals surface area contributed by atoms with Gasteiger partial charge in [0.05, 0.1) is 0 Å². The standard InChI is InChI=1S/C14H23N3O/c1-3-4-12-9-13(17-16-12)15-14(18)11-7-5-10(2)6-8-11/h9-11H,3-8H2,1-2H3,(H2,15,16,17,18). The Morgan fingerprint density at radius 3 is 2.83 bits per heavy atom. The van der Waals surface area contributed by atoms with E-state index in [4.69, 9.17) is 0 Å². The number of carbonyl (C=O) groups excluding carboxylic acids is 1. The van der Waals surface area contributed by atoms with Gasteiger partial charge in [-0.1, -0.05) is 20.3 Å². The highest BCUT2D eigenvalue weighted by Gasteiger charge is 2.24. The van der Waals surface area contributed by atoms with E-state index in [-0.39, 0.29) is 11.8 Å². The minimum absolute atomic E-state index is 0.136. The highest BCUT2D eigenvalue weighted by molar-refractivity contribution is 5.91. The van der Waals surface area contributed by atoms with Gasteiger partial charge in [0.25, 0.3) is 0 Å². The van der Waals surface area contributed by atoms with Gasteiger partial charge in [-0.25, -0.2) is 0 Å². The maximum atomic E-state index is 12.1. The summed E-state index contributed by atoms with van der Waals surface area (Å²) in [5.74, 6) is 1.75. The van der Waals surface area contributed by atoms with Crippen LogP contribution in [0.4, 0.5) is 5.82 Å². The quantitative estimate of drug-likeness (QED) is 0.861. The van der Waals surface area contributed by atoms with E-state index >= 15 is 0 Å². The van der Waals surface area contributed by atoms with Crippen molar-refractivity contribution in [2.24, 2.45) is 11.8 Å². The van der Waals surface area contributed by atoms with E-state index in [9.17, 15) is 4.79 Å². The lowest BCUT2D eigenvalue weighted by Crippen LogP contribution is -2.26. The zero-order chi connectivity index (χ0) is 13.0. The fourth-order valence-electron chi connectivity index (χ4n) is 2.57. The van der Waals surface area contributed by atoms with Crippen LogP contribution < -0.4 is 5.32 Å². The zero-order valence-electron chi connectivity index (χ0n) is 11.3. The molecule has 0 unspecified atom stereocenters. The Morgan fingerprint density at radius 1 is 1.44 bits per heavy atom.